The molecule has 1 heterocycles. The van der Waals surface area contributed by atoms with Gasteiger partial charge < -0.3 is 10.0 Å². The van der Waals surface area contributed by atoms with E-state index in [0.717, 1.165) is 25.7 Å². The number of nitrogens with zero attached hydrogens (tertiary/aromatic N) is 1. The molecular formula is C14H23NO3. The molecule has 1 aliphatic carbocycles. The summed E-state index contributed by atoms with van der Waals surface area (Å²) in [6.07, 6.45) is 6.73. The largest absolute Gasteiger partial charge is 0.481 e. The third-order valence-electron chi connectivity index (χ3n) is 4.60. The van der Waals surface area contributed by atoms with Gasteiger partial charge >= 0.3 is 5.97 Å². The molecule has 1 saturated heterocycles. The van der Waals surface area contributed by atoms with Crippen molar-refractivity contribution < 1.29 is 14.7 Å². The molecule has 2 aliphatic rings. The van der Waals surface area contributed by atoms with E-state index in [1.807, 2.05) is 4.90 Å². The monoisotopic (exact) mass is 253 g/mol. The van der Waals surface area contributed by atoms with E-state index in [-0.39, 0.29) is 17.2 Å². The number of rotatable bonds is 2. The molecule has 0 aromatic heterocycles. The fourth-order valence-corrected chi connectivity index (χ4v) is 3.26. The Morgan fingerprint density at radius 2 is 1.67 bits per heavy atom. The zero-order chi connectivity index (χ0) is 13.2. The normalized spacial score (nSPS) is 24.8. The Kier molecular flexibility index (Phi) is 3.93. The Morgan fingerprint density at radius 3 is 2.17 bits per heavy atom. The van der Waals surface area contributed by atoms with Gasteiger partial charge in [-0.05, 0) is 25.7 Å². The van der Waals surface area contributed by atoms with Crippen LogP contribution in [-0.4, -0.2) is 35.0 Å². The van der Waals surface area contributed by atoms with Gasteiger partial charge in [-0.15, -0.1) is 0 Å². The molecule has 0 aromatic carbocycles. The number of amides is 1. The standard InChI is InChI=1S/C14H23NO3/c1-14(7-3-2-4-8-14)13(18)15-9-5-11(6-10-15)12(16)17/h11H,2-10H2,1H3,(H,16,17). The summed E-state index contributed by atoms with van der Waals surface area (Å²) in [5.74, 6) is -0.717. The molecule has 0 atom stereocenters. The van der Waals surface area contributed by atoms with Crippen molar-refractivity contribution in [2.75, 3.05) is 13.1 Å². The third kappa shape index (κ3) is 2.68. The number of likely N-dealkylation sites (tertiary alicyclic amines) is 1. The summed E-state index contributed by atoms with van der Waals surface area (Å²) in [4.78, 5) is 25.3. The summed E-state index contributed by atoms with van der Waals surface area (Å²) in [5.41, 5.74) is -0.186. The number of carbonyl (C=O) groups is 2. The second kappa shape index (κ2) is 5.29. The van der Waals surface area contributed by atoms with Gasteiger partial charge in [0.2, 0.25) is 5.91 Å². The van der Waals surface area contributed by atoms with Crippen LogP contribution < -0.4 is 0 Å². The van der Waals surface area contributed by atoms with Crippen LogP contribution in [0.4, 0.5) is 0 Å². The molecule has 0 bridgehead atoms. The Bertz CT molecular complexity index is 326. The fraction of sp³-hybridized carbons (Fsp3) is 0.857. The number of aliphatic carboxylic acids is 1. The Hall–Kier alpha value is -1.06. The molecular weight excluding hydrogens is 230 g/mol. The van der Waals surface area contributed by atoms with E-state index < -0.39 is 5.97 Å². The second-order valence-electron chi connectivity index (χ2n) is 6.03. The Balaban J connectivity index is 1.92. The van der Waals surface area contributed by atoms with E-state index in [1.54, 1.807) is 0 Å². The van der Waals surface area contributed by atoms with Gasteiger partial charge in [0.25, 0.3) is 0 Å². The van der Waals surface area contributed by atoms with Crippen LogP contribution in [0.1, 0.15) is 51.9 Å². The maximum Gasteiger partial charge on any atom is 0.306 e. The molecule has 1 aliphatic heterocycles. The van der Waals surface area contributed by atoms with Gasteiger partial charge in [0.15, 0.2) is 0 Å². The predicted molar refractivity (Wildman–Crippen MR) is 68.1 cm³/mol. The van der Waals surface area contributed by atoms with Gasteiger partial charge in [0, 0.05) is 18.5 Å². The smallest absolute Gasteiger partial charge is 0.306 e. The van der Waals surface area contributed by atoms with Crippen LogP contribution in [0.2, 0.25) is 0 Å². The third-order valence-corrected chi connectivity index (χ3v) is 4.60. The molecule has 2 fully saturated rings. The van der Waals surface area contributed by atoms with Crippen molar-refractivity contribution in [3.63, 3.8) is 0 Å². The lowest BCUT2D eigenvalue weighted by molar-refractivity contribution is -0.150. The number of carboxylic acid groups (broad SMARTS) is 1. The van der Waals surface area contributed by atoms with Crippen molar-refractivity contribution in [3.8, 4) is 0 Å². The predicted octanol–water partition coefficient (Wildman–Crippen LogP) is 2.28. The molecule has 1 saturated carbocycles. The zero-order valence-electron chi connectivity index (χ0n) is 11.2. The zero-order valence-corrected chi connectivity index (χ0v) is 11.2. The van der Waals surface area contributed by atoms with Crippen LogP contribution in [0, 0.1) is 11.3 Å². The topological polar surface area (TPSA) is 57.6 Å². The molecule has 1 amide bonds. The van der Waals surface area contributed by atoms with Crippen molar-refractivity contribution in [2.24, 2.45) is 11.3 Å². The van der Waals surface area contributed by atoms with Crippen LogP contribution in [0.25, 0.3) is 0 Å². The molecule has 1 N–H and O–H groups in total. The lowest BCUT2D eigenvalue weighted by Crippen LogP contribution is -2.47. The number of hydrogen-bond donors (Lipinski definition) is 1. The van der Waals surface area contributed by atoms with Gasteiger partial charge in [0.05, 0.1) is 5.92 Å². The van der Waals surface area contributed by atoms with Crippen LogP contribution >= 0.6 is 0 Å². The molecule has 0 aromatic rings. The van der Waals surface area contributed by atoms with Crippen molar-refractivity contribution >= 4 is 11.9 Å². The van der Waals surface area contributed by atoms with Crippen molar-refractivity contribution in [3.05, 3.63) is 0 Å². The van der Waals surface area contributed by atoms with Gasteiger partial charge in [-0.3, -0.25) is 9.59 Å². The summed E-state index contributed by atoms with van der Waals surface area (Å²) in [5, 5.41) is 8.96. The molecule has 2 rings (SSSR count). The van der Waals surface area contributed by atoms with Crippen LogP contribution in [0.5, 0.6) is 0 Å². The Morgan fingerprint density at radius 1 is 1.11 bits per heavy atom. The maximum absolute atomic E-state index is 12.5. The minimum absolute atomic E-state index is 0.186. The van der Waals surface area contributed by atoms with Gasteiger partial charge in [-0.25, -0.2) is 0 Å². The maximum atomic E-state index is 12.5. The highest BCUT2D eigenvalue weighted by Crippen LogP contribution is 2.38. The first-order chi connectivity index (χ1) is 8.53. The van der Waals surface area contributed by atoms with Crippen molar-refractivity contribution in [2.45, 2.75) is 51.9 Å². The molecule has 18 heavy (non-hydrogen) atoms. The fourth-order valence-electron chi connectivity index (χ4n) is 3.26. The highest BCUT2D eigenvalue weighted by atomic mass is 16.4. The van der Waals surface area contributed by atoms with Crippen LogP contribution in [0.3, 0.4) is 0 Å². The first kappa shape index (κ1) is 13.4. The summed E-state index contributed by atoms with van der Waals surface area (Å²) < 4.78 is 0. The number of piperidine rings is 1. The van der Waals surface area contributed by atoms with Crippen LogP contribution in [-0.2, 0) is 9.59 Å². The Labute approximate surface area is 108 Å². The van der Waals surface area contributed by atoms with E-state index in [9.17, 15) is 9.59 Å². The minimum Gasteiger partial charge on any atom is -0.481 e. The SMILES string of the molecule is CC1(C(=O)N2CCC(C(=O)O)CC2)CCCCC1. The highest BCUT2D eigenvalue weighted by Gasteiger charge is 2.39. The summed E-state index contributed by atoms with van der Waals surface area (Å²) >= 11 is 0. The van der Waals surface area contributed by atoms with Gasteiger partial charge in [0.1, 0.15) is 0 Å². The number of carbonyl (C=O) groups excluding carboxylic acids is 1. The first-order valence-corrected chi connectivity index (χ1v) is 7.05. The quantitative estimate of drug-likeness (QED) is 0.821. The molecule has 4 heteroatoms. The molecule has 102 valence electrons. The molecule has 0 radical (unpaired) electrons. The second-order valence-corrected chi connectivity index (χ2v) is 6.03. The van der Waals surface area contributed by atoms with E-state index in [4.69, 9.17) is 5.11 Å². The van der Waals surface area contributed by atoms with E-state index in [1.165, 1.54) is 6.42 Å². The lowest BCUT2D eigenvalue weighted by atomic mass is 9.74. The van der Waals surface area contributed by atoms with Gasteiger partial charge in [-0.2, -0.15) is 0 Å². The van der Waals surface area contributed by atoms with E-state index in [0.29, 0.717) is 25.9 Å². The van der Waals surface area contributed by atoms with Crippen molar-refractivity contribution in [1.29, 1.82) is 0 Å². The highest BCUT2D eigenvalue weighted by molar-refractivity contribution is 5.82. The van der Waals surface area contributed by atoms with E-state index >= 15 is 0 Å². The number of hydrogen-bond acceptors (Lipinski definition) is 2. The molecule has 4 nitrogen and oxygen atoms in total. The number of carboxylic acids is 1. The lowest BCUT2D eigenvalue weighted by Gasteiger charge is -2.39. The van der Waals surface area contributed by atoms with Crippen molar-refractivity contribution in [1.82, 2.24) is 4.90 Å². The van der Waals surface area contributed by atoms with Crippen LogP contribution in [0.15, 0.2) is 0 Å². The minimum atomic E-state index is -0.717. The molecule has 0 unspecified atom stereocenters. The summed E-state index contributed by atoms with van der Waals surface area (Å²) in [6, 6.07) is 0. The van der Waals surface area contributed by atoms with E-state index in [2.05, 4.69) is 6.92 Å². The first-order valence-electron chi connectivity index (χ1n) is 7.05. The molecule has 0 spiro atoms. The summed E-state index contributed by atoms with van der Waals surface area (Å²) in [7, 11) is 0. The average Bonchev–Trinajstić information content (AvgIpc) is 2.39. The van der Waals surface area contributed by atoms with Gasteiger partial charge in [-0.1, -0.05) is 26.2 Å². The summed E-state index contributed by atoms with van der Waals surface area (Å²) in [6.45, 7) is 3.31. The average molecular weight is 253 g/mol.